The average Bonchev–Trinajstić information content (AvgIpc) is 3.16. The van der Waals surface area contributed by atoms with Gasteiger partial charge in [-0.3, -0.25) is 19.2 Å². The van der Waals surface area contributed by atoms with Gasteiger partial charge in [0.05, 0.1) is 19.0 Å². The highest BCUT2D eigenvalue weighted by molar-refractivity contribution is 7.80. The van der Waals surface area contributed by atoms with Crippen LogP contribution in [0.3, 0.4) is 0 Å². The molecule has 0 bridgehead atoms. The minimum atomic E-state index is -1.35. The van der Waals surface area contributed by atoms with E-state index in [1.807, 2.05) is 0 Å². The van der Waals surface area contributed by atoms with Gasteiger partial charge in [-0.2, -0.15) is 12.6 Å². The Morgan fingerprint density at radius 2 is 1.79 bits per heavy atom. The van der Waals surface area contributed by atoms with Gasteiger partial charge in [0, 0.05) is 24.1 Å². The molecule has 1 rings (SSSR count). The van der Waals surface area contributed by atoms with Crippen molar-refractivity contribution in [2.75, 3.05) is 12.4 Å². The Kier molecular flexibility index (Phi) is 9.41. The van der Waals surface area contributed by atoms with Crippen LogP contribution >= 0.6 is 12.6 Å². The van der Waals surface area contributed by atoms with Crippen molar-refractivity contribution in [2.45, 2.75) is 37.5 Å². The fourth-order valence-corrected chi connectivity index (χ4v) is 2.30. The number of nitrogens with two attached hydrogens (primary N) is 1. The molecule has 1 aromatic rings. The summed E-state index contributed by atoms with van der Waals surface area (Å²) < 4.78 is 0. The van der Waals surface area contributed by atoms with E-state index in [2.05, 4.69) is 38.5 Å². The minimum Gasteiger partial charge on any atom is -0.480 e. The second-order valence-electron chi connectivity index (χ2n) is 5.94. The van der Waals surface area contributed by atoms with Crippen molar-refractivity contribution in [3.63, 3.8) is 0 Å². The molecule has 0 saturated carbocycles. The number of aliphatic hydroxyl groups excluding tert-OH is 1. The Hall–Kier alpha value is -2.64. The van der Waals surface area contributed by atoms with Crippen molar-refractivity contribution in [3.05, 3.63) is 18.2 Å². The first-order chi connectivity index (χ1) is 13.2. The van der Waals surface area contributed by atoms with E-state index in [0.29, 0.717) is 5.69 Å². The Labute approximate surface area is 166 Å². The van der Waals surface area contributed by atoms with Crippen molar-refractivity contribution in [3.8, 4) is 0 Å². The molecule has 0 aliphatic heterocycles. The van der Waals surface area contributed by atoms with Crippen molar-refractivity contribution in [1.29, 1.82) is 0 Å². The number of hydrogen-bond acceptors (Lipinski definition) is 8. The maximum absolute atomic E-state index is 12.3. The fourth-order valence-electron chi connectivity index (χ4n) is 2.04. The van der Waals surface area contributed by atoms with Crippen LogP contribution in [-0.4, -0.2) is 80.4 Å². The first kappa shape index (κ1) is 23.4. The highest BCUT2D eigenvalue weighted by atomic mass is 32.1. The molecule has 0 aromatic carbocycles. The number of aliphatic hydroxyl groups is 1. The van der Waals surface area contributed by atoms with Crippen LogP contribution in [0.5, 0.6) is 0 Å². The van der Waals surface area contributed by atoms with Crippen LogP contribution in [0.4, 0.5) is 0 Å². The molecule has 12 nitrogen and oxygen atoms in total. The average molecular weight is 416 g/mol. The monoisotopic (exact) mass is 416 g/mol. The van der Waals surface area contributed by atoms with Crippen LogP contribution in [0.1, 0.15) is 12.6 Å². The Balaban J connectivity index is 2.63. The van der Waals surface area contributed by atoms with Gasteiger partial charge in [0.1, 0.15) is 18.1 Å². The first-order valence-corrected chi connectivity index (χ1v) is 8.91. The molecular weight excluding hydrogens is 392 g/mol. The van der Waals surface area contributed by atoms with E-state index < -0.39 is 54.5 Å². The Bertz CT molecular complexity index is 685. The smallest absolute Gasteiger partial charge is 0.325 e. The molecule has 8 N–H and O–H groups in total. The maximum atomic E-state index is 12.3. The molecule has 3 amide bonds. The molecule has 13 heteroatoms. The normalized spacial score (nSPS) is 15.0. The summed E-state index contributed by atoms with van der Waals surface area (Å²) >= 11 is 3.95. The number of rotatable bonds is 11. The van der Waals surface area contributed by atoms with Gasteiger partial charge in [0.2, 0.25) is 17.7 Å². The van der Waals surface area contributed by atoms with E-state index in [0.717, 1.165) is 0 Å². The summed E-state index contributed by atoms with van der Waals surface area (Å²) in [5.74, 6) is -3.67. The van der Waals surface area contributed by atoms with Gasteiger partial charge < -0.3 is 36.9 Å². The number of thiol groups is 1. The number of imidazole rings is 1. The molecule has 28 heavy (non-hydrogen) atoms. The molecule has 1 heterocycles. The van der Waals surface area contributed by atoms with E-state index in [1.54, 1.807) is 0 Å². The van der Waals surface area contributed by atoms with Crippen LogP contribution in [-0.2, 0) is 25.6 Å². The lowest BCUT2D eigenvalue weighted by molar-refractivity contribution is -0.141. The fraction of sp³-hybridized carbons (Fsp3) is 0.533. The number of amides is 3. The summed E-state index contributed by atoms with van der Waals surface area (Å²) in [5, 5.41) is 25.0. The third kappa shape index (κ3) is 7.17. The zero-order valence-electron chi connectivity index (χ0n) is 15.1. The van der Waals surface area contributed by atoms with E-state index in [1.165, 1.54) is 19.4 Å². The quantitative estimate of drug-likeness (QED) is 0.172. The number of aromatic amines is 1. The maximum Gasteiger partial charge on any atom is 0.325 e. The molecular formula is C15H24N6O6S. The molecule has 4 atom stereocenters. The Morgan fingerprint density at radius 3 is 2.29 bits per heavy atom. The van der Waals surface area contributed by atoms with E-state index in [-0.39, 0.29) is 12.2 Å². The lowest BCUT2D eigenvalue weighted by atomic mass is 10.1. The van der Waals surface area contributed by atoms with Crippen LogP contribution in [0.15, 0.2) is 12.5 Å². The molecule has 0 saturated heterocycles. The van der Waals surface area contributed by atoms with Gasteiger partial charge in [-0.1, -0.05) is 0 Å². The van der Waals surface area contributed by atoms with Gasteiger partial charge in [-0.05, 0) is 6.92 Å². The third-order valence-corrected chi connectivity index (χ3v) is 4.06. The summed E-state index contributed by atoms with van der Waals surface area (Å²) in [6, 6.07) is -4.68. The number of carboxylic acid groups (broad SMARTS) is 1. The van der Waals surface area contributed by atoms with Crippen LogP contribution in [0.25, 0.3) is 0 Å². The number of nitrogens with zero attached hydrogens (tertiary/aromatic N) is 1. The van der Waals surface area contributed by atoms with Crippen LogP contribution < -0.4 is 21.7 Å². The summed E-state index contributed by atoms with van der Waals surface area (Å²) in [7, 11) is 0. The molecule has 0 aliphatic rings. The zero-order valence-corrected chi connectivity index (χ0v) is 16.0. The highest BCUT2D eigenvalue weighted by Gasteiger charge is 2.28. The standard InChI is InChI=1S/C15H24N6O6S/c1-7(15(26)27)19-14(25)11(5-28)21-13(24)10(4-22)20-12(23)9(16)2-8-3-17-6-18-8/h3,6-7,9-11,22,28H,2,4-5,16H2,1H3,(H,17,18)(H,19,25)(H,20,23)(H,21,24)(H,26,27). The second kappa shape index (κ2) is 11.3. The number of carbonyl (C=O) groups excluding carboxylic acids is 3. The van der Waals surface area contributed by atoms with Crippen molar-refractivity contribution in [1.82, 2.24) is 25.9 Å². The molecule has 4 unspecified atom stereocenters. The summed E-state index contributed by atoms with van der Waals surface area (Å²) in [4.78, 5) is 53.8. The lowest BCUT2D eigenvalue weighted by Crippen LogP contribution is -2.58. The molecule has 156 valence electrons. The topological polar surface area (TPSA) is 200 Å². The summed E-state index contributed by atoms with van der Waals surface area (Å²) in [6.45, 7) is 0.524. The zero-order chi connectivity index (χ0) is 21.3. The lowest BCUT2D eigenvalue weighted by Gasteiger charge is -2.22. The van der Waals surface area contributed by atoms with Gasteiger partial charge in [-0.25, -0.2) is 4.98 Å². The van der Waals surface area contributed by atoms with E-state index in [4.69, 9.17) is 10.8 Å². The predicted molar refractivity (Wildman–Crippen MR) is 100 cm³/mol. The van der Waals surface area contributed by atoms with Gasteiger partial charge in [0.25, 0.3) is 0 Å². The number of H-pyrrole nitrogens is 1. The Morgan fingerprint density at radius 1 is 1.18 bits per heavy atom. The number of hydrogen-bond donors (Lipinski definition) is 8. The molecule has 1 aromatic heterocycles. The number of aliphatic carboxylic acids is 1. The summed E-state index contributed by atoms with van der Waals surface area (Å²) in [6.07, 6.45) is 3.07. The van der Waals surface area contributed by atoms with Crippen molar-refractivity contribution >= 4 is 36.3 Å². The molecule has 0 radical (unpaired) electrons. The van der Waals surface area contributed by atoms with E-state index >= 15 is 0 Å². The molecule has 0 spiro atoms. The molecule has 0 aliphatic carbocycles. The van der Waals surface area contributed by atoms with Gasteiger partial charge >= 0.3 is 5.97 Å². The molecule has 0 fully saturated rings. The van der Waals surface area contributed by atoms with Crippen LogP contribution in [0, 0.1) is 0 Å². The van der Waals surface area contributed by atoms with Crippen molar-refractivity contribution < 1.29 is 29.4 Å². The van der Waals surface area contributed by atoms with Gasteiger partial charge in [-0.15, -0.1) is 0 Å². The third-order valence-electron chi connectivity index (χ3n) is 3.69. The minimum absolute atomic E-state index is 0.130. The number of aromatic nitrogens is 2. The number of carboxylic acids is 1. The number of nitrogens with one attached hydrogen (secondary N) is 4. The van der Waals surface area contributed by atoms with Crippen molar-refractivity contribution in [2.24, 2.45) is 5.73 Å². The number of carbonyl (C=O) groups is 4. The SMILES string of the molecule is CC(NC(=O)C(CS)NC(=O)C(CO)NC(=O)C(N)Cc1cnc[nH]1)C(=O)O. The largest absolute Gasteiger partial charge is 0.480 e. The van der Waals surface area contributed by atoms with Crippen LogP contribution in [0.2, 0.25) is 0 Å². The predicted octanol–water partition coefficient (Wildman–Crippen LogP) is -3.24. The first-order valence-electron chi connectivity index (χ1n) is 8.28. The van der Waals surface area contributed by atoms with Gasteiger partial charge in [0.15, 0.2) is 0 Å². The van der Waals surface area contributed by atoms with E-state index in [9.17, 15) is 24.3 Å². The second-order valence-corrected chi connectivity index (χ2v) is 6.31. The highest BCUT2D eigenvalue weighted by Crippen LogP contribution is 1.98. The summed E-state index contributed by atoms with van der Waals surface area (Å²) in [5.41, 5.74) is 6.38.